The van der Waals surface area contributed by atoms with Crippen molar-refractivity contribution in [3.8, 4) is 0 Å². The van der Waals surface area contributed by atoms with Gasteiger partial charge in [0.05, 0.1) is 11.4 Å². The minimum Gasteiger partial charge on any atom is -0.352 e. The Bertz CT molecular complexity index is 513. The molecule has 2 amide bonds. The second-order valence-corrected chi connectivity index (χ2v) is 6.29. The van der Waals surface area contributed by atoms with E-state index in [2.05, 4.69) is 5.32 Å². The fourth-order valence-corrected chi connectivity index (χ4v) is 3.07. The maximum Gasteiger partial charge on any atom is 0.239 e. The van der Waals surface area contributed by atoms with Crippen molar-refractivity contribution in [2.24, 2.45) is 0 Å². The number of rotatable bonds is 6. The van der Waals surface area contributed by atoms with Gasteiger partial charge in [-0.05, 0) is 31.2 Å². The van der Waals surface area contributed by atoms with Crippen LogP contribution in [-0.2, 0) is 9.59 Å². The molecular weight excluding hydrogens is 288 g/mol. The smallest absolute Gasteiger partial charge is 0.239 e. The van der Waals surface area contributed by atoms with E-state index in [1.165, 1.54) is 11.3 Å². The van der Waals surface area contributed by atoms with Gasteiger partial charge in [-0.1, -0.05) is 6.07 Å². The predicted molar refractivity (Wildman–Crippen MR) is 81.3 cm³/mol. The van der Waals surface area contributed by atoms with E-state index in [1.807, 2.05) is 11.4 Å². The van der Waals surface area contributed by atoms with Gasteiger partial charge < -0.3 is 10.2 Å². The molecule has 21 heavy (non-hydrogen) atoms. The second-order valence-electron chi connectivity index (χ2n) is 5.35. The Kier molecular flexibility index (Phi) is 5.50. The topological polar surface area (TPSA) is 66.5 Å². The summed E-state index contributed by atoms with van der Waals surface area (Å²) in [5, 5.41) is 4.65. The van der Waals surface area contributed by atoms with E-state index in [-0.39, 0.29) is 36.6 Å². The number of nitrogens with zero attached hydrogens (tertiary/aromatic N) is 1. The molecule has 1 aromatic heterocycles. The lowest BCUT2D eigenvalue weighted by atomic mass is 10.1. The third-order valence-corrected chi connectivity index (χ3v) is 4.36. The molecule has 1 saturated heterocycles. The Hall–Kier alpha value is -1.69. The van der Waals surface area contributed by atoms with Gasteiger partial charge in [0.2, 0.25) is 11.8 Å². The van der Waals surface area contributed by atoms with E-state index in [4.69, 9.17) is 0 Å². The first kappa shape index (κ1) is 15.7. The van der Waals surface area contributed by atoms with E-state index in [0.29, 0.717) is 17.8 Å². The van der Waals surface area contributed by atoms with Crippen molar-refractivity contribution in [3.63, 3.8) is 0 Å². The second kappa shape index (κ2) is 7.36. The minimum atomic E-state index is -0.230. The highest BCUT2D eigenvalue weighted by atomic mass is 32.1. The number of amides is 2. The lowest BCUT2D eigenvalue weighted by Crippen LogP contribution is -2.45. The lowest BCUT2D eigenvalue weighted by molar-refractivity contribution is -0.138. The van der Waals surface area contributed by atoms with Gasteiger partial charge >= 0.3 is 0 Å². The molecule has 0 spiro atoms. The number of thiophene rings is 1. The van der Waals surface area contributed by atoms with Crippen LogP contribution < -0.4 is 5.32 Å². The molecule has 6 heteroatoms. The molecule has 0 bridgehead atoms. The van der Waals surface area contributed by atoms with Gasteiger partial charge in [0.15, 0.2) is 5.78 Å². The fourth-order valence-electron chi connectivity index (χ4n) is 2.39. The molecule has 0 radical (unpaired) electrons. The number of hydrogen-bond acceptors (Lipinski definition) is 4. The van der Waals surface area contributed by atoms with Gasteiger partial charge in [-0.25, -0.2) is 0 Å². The number of Topliss-reactive ketones (excluding diaryl/α,β-unsaturated/α-hetero) is 1. The first-order chi connectivity index (χ1) is 10.1. The number of likely N-dealkylation sites (tertiary alicyclic amines) is 1. The molecule has 1 fully saturated rings. The van der Waals surface area contributed by atoms with Crippen molar-refractivity contribution < 1.29 is 14.4 Å². The molecule has 2 heterocycles. The average Bonchev–Trinajstić information content (AvgIpc) is 2.95. The van der Waals surface area contributed by atoms with Crippen molar-refractivity contribution in [1.82, 2.24) is 10.2 Å². The molecule has 1 aliphatic rings. The fraction of sp³-hybridized carbons (Fsp3) is 0.533. The highest BCUT2D eigenvalue weighted by Crippen LogP contribution is 2.13. The largest absolute Gasteiger partial charge is 0.352 e. The summed E-state index contributed by atoms with van der Waals surface area (Å²) in [4.78, 5) is 37.8. The van der Waals surface area contributed by atoms with E-state index in [0.717, 1.165) is 12.8 Å². The summed E-state index contributed by atoms with van der Waals surface area (Å²) < 4.78 is 0. The van der Waals surface area contributed by atoms with Crippen LogP contribution in [0.25, 0.3) is 0 Å². The number of ketones is 1. The summed E-state index contributed by atoms with van der Waals surface area (Å²) >= 11 is 1.41. The monoisotopic (exact) mass is 308 g/mol. The summed E-state index contributed by atoms with van der Waals surface area (Å²) in [6.45, 7) is 2.55. The molecule has 1 aliphatic heterocycles. The summed E-state index contributed by atoms with van der Waals surface area (Å²) in [7, 11) is 0. The maximum atomic E-state index is 11.9. The van der Waals surface area contributed by atoms with Crippen LogP contribution in [0.5, 0.6) is 0 Å². The molecule has 1 aromatic rings. The van der Waals surface area contributed by atoms with Gasteiger partial charge in [0.25, 0.3) is 0 Å². The van der Waals surface area contributed by atoms with Crippen LogP contribution in [0.1, 0.15) is 42.3 Å². The van der Waals surface area contributed by atoms with Crippen molar-refractivity contribution >= 4 is 28.9 Å². The zero-order valence-corrected chi connectivity index (χ0v) is 12.9. The van der Waals surface area contributed by atoms with Gasteiger partial charge in [0.1, 0.15) is 0 Å². The van der Waals surface area contributed by atoms with Crippen LogP contribution >= 0.6 is 11.3 Å². The average molecular weight is 308 g/mol. The number of nitrogens with one attached hydrogen (secondary N) is 1. The number of piperidine rings is 1. The first-order valence-electron chi connectivity index (χ1n) is 7.20. The van der Waals surface area contributed by atoms with E-state index in [1.54, 1.807) is 17.9 Å². The Balaban J connectivity index is 1.76. The molecule has 114 valence electrons. The van der Waals surface area contributed by atoms with Crippen LogP contribution in [0.3, 0.4) is 0 Å². The minimum absolute atomic E-state index is 0.0341. The Morgan fingerprint density at radius 3 is 2.90 bits per heavy atom. The van der Waals surface area contributed by atoms with Crippen molar-refractivity contribution in [2.45, 2.75) is 38.6 Å². The quantitative estimate of drug-likeness (QED) is 0.815. The van der Waals surface area contributed by atoms with Crippen LogP contribution in [0.15, 0.2) is 17.5 Å². The zero-order valence-electron chi connectivity index (χ0n) is 12.1. The Labute approximate surface area is 128 Å². The van der Waals surface area contributed by atoms with Crippen molar-refractivity contribution in [1.29, 1.82) is 0 Å². The Morgan fingerprint density at radius 2 is 2.24 bits per heavy atom. The third kappa shape index (κ3) is 4.67. The third-order valence-electron chi connectivity index (χ3n) is 3.45. The molecular formula is C15H20N2O3S. The van der Waals surface area contributed by atoms with Crippen molar-refractivity contribution in [2.75, 3.05) is 13.1 Å². The maximum absolute atomic E-state index is 11.9. The number of hydrogen-bond donors (Lipinski definition) is 1. The zero-order chi connectivity index (χ0) is 15.2. The summed E-state index contributed by atoms with van der Waals surface area (Å²) in [6.07, 6.45) is 2.66. The summed E-state index contributed by atoms with van der Waals surface area (Å²) in [5.74, 6) is -0.123. The Morgan fingerprint density at radius 1 is 1.43 bits per heavy atom. The van der Waals surface area contributed by atoms with E-state index >= 15 is 0 Å². The SMILES string of the molecule is CC(CC(=O)c1cccs1)NC(=O)CN1CCCCC1=O. The lowest BCUT2D eigenvalue weighted by Gasteiger charge is -2.26. The van der Waals surface area contributed by atoms with E-state index < -0.39 is 0 Å². The molecule has 1 unspecified atom stereocenters. The highest BCUT2D eigenvalue weighted by Gasteiger charge is 2.21. The summed E-state index contributed by atoms with van der Waals surface area (Å²) in [5.41, 5.74) is 0. The molecule has 1 atom stereocenters. The van der Waals surface area contributed by atoms with Gasteiger partial charge in [0, 0.05) is 25.4 Å². The molecule has 1 N–H and O–H groups in total. The number of carbonyl (C=O) groups excluding carboxylic acids is 3. The molecule has 0 aromatic carbocycles. The standard InChI is InChI=1S/C15H20N2O3S/c1-11(9-12(18)13-5-4-8-21-13)16-14(19)10-17-7-3-2-6-15(17)20/h4-5,8,11H,2-3,6-7,9-10H2,1H3,(H,16,19). The van der Waals surface area contributed by atoms with Crippen LogP contribution in [0, 0.1) is 0 Å². The molecule has 0 saturated carbocycles. The summed E-state index contributed by atoms with van der Waals surface area (Å²) in [6, 6.07) is 3.39. The molecule has 0 aliphatic carbocycles. The first-order valence-corrected chi connectivity index (χ1v) is 8.08. The van der Waals surface area contributed by atoms with Crippen LogP contribution in [0.2, 0.25) is 0 Å². The highest BCUT2D eigenvalue weighted by molar-refractivity contribution is 7.12. The number of carbonyl (C=O) groups is 3. The predicted octanol–water partition coefficient (Wildman–Crippen LogP) is 1.84. The normalized spacial score (nSPS) is 16.6. The van der Waals surface area contributed by atoms with Gasteiger partial charge in [-0.15, -0.1) is 11.3 Å². The van der Waals surface area contributed by atoms with E-state index in [9.17, 15) is 14.4 Å². The van der Waals surface area contributed by atoms with Gasteiger partial charge in [-0.2, -0.15) is 0 Å². The molecule has 5 nitrogen and oxygen atoms in total. The van der Waals surface area contributed by atoms with Gasteiger partial charge in [-0.3, -0.25) is 14.4 Å². The van der Waals surface area contributed by atoms with Crippen LogP contribution in [-0.4, -0.2) is 41.6 Å². The van der Waals surface area contributed by atoms with Crippen LogP contribution in [0.4, 0.5) is 0 Å². The van der Waals surface area contributed by atoms with Crippen molar-refractivity contribution in [3.05, 3.63) is 22.4 Å². The molecule has 2 rings (SSSR count).